The highest BCUT2D eigenvalue weighted by Gasteiger charge is 2.37. The molecule has 2 heterocycles. The fraction of sp³-hybridized carbons (Fsp3) is 0.750. The molecule has 2 rings (SSSR count). The van der Waals surface area contributed by atoms with Gasteiger partial charge in [-0.15, -0.1) is 0 Å². The van der Waals surface area contributed by atoms with Crippen LogP contribution < -0.4 is 0 Å². The number of nitriles is 2. The van der Waals surface area contributed by atoms with E-state index >= 15 is 0 Å². The molecule has 2 saturated heterocycles. The van der Waals surface area contributed by atoms with Crippen LogP contribution in [0.15, 0.2) is 0 Å². The highest BCUT2D eigenvalue weighted by Crippen LogP contribution is 2.17. The van der Waals surface area contributed by atoms with Crippen LogP contribution in [-0.2, 0) is 9.68 Å². The van der Waals surface area contributed by atoms with Crippen LogP contribution in [0.25, 0.3) is 0 Å². The molecule has 0 N–H and O–H groups in total. The summed E-state index contributed by atoms with van der Waals surface area (Å²) in [6.45, 7) is 2.21. The first-order chi connectivity index (χ1) is 6.85. The topological polar surface area (TPSA) is 72.1 Å². The highest BCUT2D eigenvalue weighted by molar-refractivity contribution is 5.02. The molecule has 0 bridgehead atoms. The minimum Gasteiger partial charge on any atom is -0.295 e. The van der Waals surface area contributed by atoms with E-state index < -0.39 is 0 Å². The lowest BCUT2D eigenvalue weighted by Gasteiger charge is -2.04. The first-order valence-corrected chi connectivity index (χ1v) is 4.43. The molecule has 0 aromatic heterocycles. The monoisotopic (exact) mass is 194 g/mol. The van der Waals surface area contributed by atoms with Gasteiger partial charge in [0.2, 0.25) is 0 Å². The Morgan fingerprint density at radius 3 is 1.71 bits per heavy atom. The van der Waals surface area contributed by atoms with Crippen molar-refractivity contribution in [2.75, 3.05) is 26.3 Å². The van der Waals surface area contributed by atoms with E-state index in [4.69, 9.17) is 20.2 Å². The molecule has 0 amide bonds. The standard InChI is InChI=1S/C8H10N4O2/c9-3-7-5-11(7)13-1-2-14-12-6-8(12)4-10/h7-8H,1-2,5-6H2. The Hall–Kier alpha value is -1.18. The van der Waals surface area contributed by atoms with Gasteiger partial charge in [-0.2, -0.15) is 20.7 Å². The molecule has 6 nitrogen and oxygen atoms in total. The lowest BCUT2D eigenvalue weighted by Crippen LogP contribution is -2.12. The first kappa shape index (κ1) is 9.38. The quantitative estimate of drug-likeness (QED) is 0.424. The molecule has 0 aromatic rings. The second-order valence-electron chi connectivity index (χ2n) is 3.16. The lowest BCUT2D eigenvalue weighted by atomic mass is 10.6. The number of hydroxylamine groups is 4. The van der Waals surface area contributed by atoms with Crippen molar-refractivity contribution in [1.82, 2.24) is 10.1 Å². The molecule has 4 atom stereocenters. The summed E-state index contributed by atoms with van der Waals surface area (Å²) < 4.78 is 0. The van der Waals surface area contributed by atoms with E-state index in [0.717, 1.165) is 0 Å². The van der Waals surface area contributed by atoms with Crippen LogP contribution in [0.4, 0.5) is 0 Å². The average molecular weight is 194 g/mol. The van der Waals surface area contributed by atoms with Crippen LogP contribution in [0.5, 0.6) is 0 Å². The summed E-state index contributed by atoms with van der Waals surface area (Å²) in [7, 11) is 0. The Bertz CT molecular complexity index is 265. The molecule has 0 spiro atoms. The number of nitrogens with zero attached hydrogens (tertiary/aromatic N) is 4. The summed E-state index contributed by atoms with van der Waals surface area (Å²) in [5.41, 5.74) is 0. The third kappa shape index (κ3) is 2.19. The molecule has 0 radical (unpaired) electrons. The molecule has 2 aliphatic rings. The summed E-state index contributed by atoms with van der Waals surface area (Å²) in [5.74, 6) is 0. The second kappa shape index (κ2) is 3.91. The SMILES string of the molecule is N#CC1CN1OCCON1CC1C#N. The maximum absolute atomic E-state index is 8.45. The van der Waals surface area contributed by atoms with Crippen LogP contribution in [0.3, 0.4) is 0 Å². The van der Waals surface area contributed by atoms with Crippen LogP contribution >= 0.6 is 0 Å². The number of rotatable bonds is 5. The molecule has 4 unspecified atom stereocenters. The van der Waals surface area contributed by atoms with Crippen molar-refractivity contribution in [1.29, 1.82) is 10.5 Å². The molecule has 0 saturated carbocycles. The molecule has 2 fully saturated rings. The summed E-state index contributed by atoms with van der Waals surface area (Å²) >= 11 is 0. The number of hydrogen-bond donors (Lipinski definition) is 0. The van der Waals surface area contributed by atoms with Gasteiger partial charge in [-0.1, -0.05) is 0 Å². The molecule has 74 valence electrons. The van der Waals surface area contributed by atoms with E-state index in [1.807, 2.05) is 0 Å². The average Bonchev–Trinajstić information content (AvgIpc) is 3.08. The fourth-order valence-electron chi connectivity index (χ4n) is 1.05. The van der Waals surface area contributed by atoms with Crippen molar-refractivity contribution in [2.24, 2.45) is 0 Å². The van der Waals surface area contributed by atoms with Gasteiger partial charge in [0, 0.05) is 0 Å². The summed E-state index contributed by atoms with van der Waals surface area (Å²) in [6.07, 6.45) is 0. The van der Waals surface area contributed by atoms with E-state index in [1.54, 1.807) is 10.1 Å². The largest absolute Gasteiger partial charge is 0.295 e. The zero-order valence-corrected chi connectivity index (χ0v) is 7.59. The van der Waals surface area contributed by atoms with Crippen molar-refractivity contribution in [3.05, 3.63) is 0 Å². The van der Waals surface area contributed by atoms with Crippen molar-refractivity contribution in [3.8, 4) is 12.1 Å². The van der Waals surface area contributed by atoms with Gasteiger partial charge < -0.3 is 0 Å². The minimum absolute atomic E-state index is 0.0805. The Balaban J connectivity index is 1.46. The summed E-state index contributed by atoms with van der Waals surface area (Å²) in [6, 6.07) is 3.99. The second-order valence-corrected chi connectivity index (χ2v) is 3.16. The van der Waals surface area contributed by atoms with E-state index in [1.165, 1.54) is 0 Å². The van der Waals surface area contributed by atoms with Crippen LogP contribution in [0, 0.1) is 22.7 Å². The minimum atomic E-state index is -0.0805. The van der Waals surface area contributed by atoms with E-state index in [2.05, 4.69) is 12.1 Å². The molecule has 6 heteroatoms. The van der Waals surface area contributed by atoms with Crippen LogP contribution in [0.2, 0.25) is 0 Å². The Labute approximate surface area is 81.7 Å². The molecule has 14 heavy (non-hydrogen) atoms. The zero-order chi connectivity index (χ0) is 9.97. The van der Waals surface area contributed by atoms with Crippen molar-refractivity contribution < 1.29 is 9.68 Å². The van der Waals surface area contributed by atoms with Gasteiger partial charge in [0.15, 0.2) is 0 Å². The van der Waals surface area contributed by atoms with Crippen molar-refractivity contribution >= 4 is 0 Å². The predicted octanol–water partition coefficient (Wildman–Crippen LogP) is -0.735. The zero-order valence-electron chi connectivity index (χ0n) is 7.59. The van der Waals surface area contributed by atoms with E-state index in [-0.39, 0.29) is 12.1 Å². The molecule has 2 aliphatic heterocycles. The Morgan fingerprint density at radius 2 is 1.43 bits per heavy atom. The maximum Gasteiger partial charge on any atom is 0.137 e. The predicted molar refractivity (Wildman–Crippen MR) is 44.1 cm³/mol. The summed E-state index contributed by atoms with van der Waals surface area (Å²) in [4.78, 5) is 10.4. The van der Waals surface area contributed by atoms with Gasteiger partial charge in [-0.3, -0.25) is 9.68 Å². The lowest BCUT2D eigenvalue weighted by molar-refractivity contribution is -0.137. The summed E-state index contributed by atoms with van der Waals surface area (Å²) in [5, 5.41) is 20.1. The van der Waals surface area contributed by atoms with Gasteiger partial charge in [0.25, 0.3) is 0 Å². The molecule has 0 aromatic carbocycles. The van der Waals surface area contributed by atoms with Gasteiger partial charge in [0.05, 0.1) is 38.4 Å². The molecular weight excluding hydrogens is 184 g/mol. The van der Waals surface area contributed by atoms with Gasteiger partial charge in [-0.05, 0) is 0 Å². The fourth-order valence-corrected chi connectivity index (χ4v) is 1.05. The molecular formula is C8H10N4O2. The van der Waals surface area contributed by atoms with Crippen LogP contribution in [-0.4, -0.2) is 48.5 Å². The van der Waals surface area contributed by atoms with E-state index in [9.17, 15) is 0 Å². The van der Waals surface area contributed by atoms with Gasteiger partial charge >= 0.3 is 0 Å². The number of hydrogen-bond acceptors (Lipinski definition) is 6. The van der Waals surface area contributed by atoms with Crippen molar-refractivity contribution in [2.45, 2.75) is 12.1 Å². The normalized spacial score (nSPS) is 38.4. The van der Waals surface area contributed by atoms with E-state index in [0.29, 0.717) is 26.3 Å². The van der Waals surface area contributed by atoms with Gasteiger partial charge in [0.1, 0.15) is 12.1 Å². The van der Waals surface area contributed by atoms with Gasteiger partial charge in [-0.25, -0.2) is 0 Å². The third-order valence-electron chi connectivity index (χ3n) is 2.03. The highest BCUT2D eigenvalue weighted by atomic mass is 16.7. The smallest absolute Gasteiger partial charge is 0.137 e. The first-order valence-electron chi connectivity index (χ1n) is 4.43. The maximum atomic E-state index is 8.45. The molecule has 0 aliphatic carbocycles. The third-order valence-corrected chi connectivity index (χ3v) is 2.03. The van der Waals surface area contributed by atoms with Crippen LogP contribution in [0.1, 0.15) is 0 Å². The Kier molecular flexibility index (Phi) is 2.62. The van der Waals surface area contributed by atoms with Crippen molar-refractivity contribution in [3.63, 3.8) is 0 Å². The Morgan fingerprint density at radius 1 is 1.00 bits per heavy atom.